The number of nitrogens with one attached hydrogen (secondary N) is 1. The molecule has 6 heteroatoms. The Bertz CT molecular complexity index is 798. The van der Waals surface area contributed by atoms with Crippen molar-refractivity contribution in [3.63, 3.8) is 0 Å². The van der Waals surface area contributed by atoms with Gasteiger partial charge in [-0.15, -0.1) is 23.5 Å². The van der Waals surface area contributed by atoms with Gasteiger partial charge in [-0.25, -0.2) is 4.79 Å². The van der Waals surface area contributed by atoms with Crippen LogP contribution in [0, 0.1) is 0 Å². The minimum atomic E-state index is -0.656. The molecule has 1 unspecified atom stereocenters. The molecule has 0 amide bonds. The predicted octanol–water partition coefficient (Wildman–Crippen LogP) is 6.68. The highest BCUT2D eigenvalue weighted by Gasteiger charge is 2.52. The molecule has 0 aromatic heterocycles. The van der Waals surface area contributed by atoms with Crippen LogP contribution >= 0.6 is 35.5 Å². The maximum absolute atomic E-state index is 13.1. The lowest BCUT2D eigenvalue weighted by Gasteiger charge is -2.36. The molecule has 2 aromatic rings. The molecule has 2 aromatic carbocycles. The van der Waals surface area contributed by atoms with Gasteiger partial charge in [-0.2, -0.15) is 0 Å². The van der Waals surface area contributed by atoms with E-state index in [9.17, 15) is 4.79 Å². The van der Waals surface area contributed by atoms with Crippen molar-refractivity contribution in [1.29, 1.82) is 0 Å². The monoisotopic (exact) mass is 451 g/mol. The van der Waals surface area contributed by atoms with Crippen LogP contribution in [0.3, 0.4) is 0 Å². The maximum Gasteiger partial charge on any atom is 0.334 e. The van der Waals surface area contributed by atoms with Gasteiger partial charge in [0.05, 0.1) is 12.6 Å². The van der Waals surface area contributed by atoms with E-state index in [1.54, 1.807) is 35.5 Å². The molecule has 1 heterocycles. The van der Waals surface area contributed by atoms with E-state index in [1.807, 2.05) is 20.8 Å². The second-order valence-corrected chi connectivity index (χ2v) is 12.1. The first-order chi connectivity index (χ1) is 13.9. The Hall–Kier alpha value is -0.820. The van der Waals surface area contributed by atoms with Crippen molar-refractivity contribution >= 4 is 52.2 Å². The Morgan fingerprint density at radius 1 is 1.14 bits per heavy atom. The molecule has 1 aliphatic rings. The summed E-state index contributed by atoms with van der Waals surface area (Å²) in [4.78, 5) is 13.1. The zero-order valence-corrected chi connectivity index (χ0v) is 20.7. The molecule has 1 saturated heterocycles. The SMILES string of the molecule is CC.CCOC(=O)C1(C(NSC(C)(C)C)c2ccc3ccccc3c2)SCCS1. The highest BCUT2D eigenvalue weighted by molar-refractivity contribution is 8.22. The summed E-state index contributed by atoms with van der Waals surface area (Å²) in [7, 11) is 0. The smallest absolute Gasteiger partial charge is 0.334 e. The van der Waals surface area contributed by atoms with Crippen molar-refractivity contribution in [2.45, 2.75) is 56.4 Å². The van der Waals surface area contributed by atoms with E-state index < -0.39 is 4.08 Å². The standard InChI is InChI=1S/C21H27NO2S3.C2H6/c1-5-24-19(23)21(25-12-13-26-21)18(22-27-20(2,3)4)17-11-10-15-8-6-7-9-16(15)14-17;1-2/h6-11,14,18,22H,5,12-13H2,1-4H3;1-2H3. The van der Waals surface area contributed by atoms with E-state index in [0.717, 1.165) is 17.1 Å². The second kappa shape index (κ2) is 11.0. The number of esters is 1. The van der Waals surface area contributed by atoms with E-state index in [4.69, 9.17) is 4.74 Å². The Balaban J connectivity index is 0.00000145. The highest BCUT2D eigenvalue weighted by Crippen LogP contribution is 2.53. The van der Waals surface area contributed by atoms with E-state index in [2.05, 4.69) is 68.0 Å². The summed E-state index contributed by atoms with van der Waals surface area (Å²) < 4.78 is 8.54. The molecule has 1 N–H and O–H groups in total. The molecule has 0 bridgehead atoms. The molecule has 160 valence electrons. The van der Waals surface area contributed by atoms with Crippen LogP contribution in [0.2, 0.25) is 0 Å². The minimum absolute atomic E-state index is 0.0406. The van der Waals surface area contributed by atoms with Crippen LogP contribution in [0.25, 0.3) is 10.8 Å². The van der Waals surface area contributed by atoms with Crippen molar-refractivity contribution in [3.05, 3.63) is 48.0 Å². The van der Waals surface area contributed by atoms with Crippen LogP contribution in [0.15, 0.2) is 42.5 Å². The van der Waals surface area contributed by atoms with E-state index in [1.165, 1.54) is 10.8 Å². The predicted molar refractivity (Wildman–Crippen MR) is 133 cm³/mol. The second-order valence-electron chi connectivity index (χ2n) is 7.46. The molecular formula is C23H33NO2S3. The molecule has 0 saturated carbocycles. The normalized spacial score (nSPS) is 16.8. The number of benzene rings is 2. The van der Waals surface area contributed by atoms with Crippen LogP contribution in [0.4, 0.5) is 0 Å². The number of ether oxygens (including phenoxy) is 1. The fourth-order valence-electron chi connectivity index (χ4n) is 3.05. The molecule has 0 spiro atoms. The van der Waals surface area contributed by atoms with Crippen molar-refractivity contribution in [1.82, 2.24) is 4.72 Å². The van der Waals surface area contributed by atoms with Crippen LogP contribution in [-0.2, 0) is 9.53 Å². The van der Waals surface area contributed by atoms with Crippen molar-refractivity contribution in [3.8, 4) is 0 Å². The quantitative estimate of drug-likeness (QED) is 0.390. The summed E-state index contributed by atoms with van der Waals surface area (Å²) in [6.45, 7) is 12.8. The number of carbonyl (C=O) groups excluding carboxylic acids is 1. The zero-order chi connectivity index (χ0) is 21.5. The number of fused-ring (bicyclic) bond motifs is 1. The fraction of sp³-hybridized carbons (Fsp3) is 0.522. The van der Waals surface area contributed by atoms with Crippen LogP contribution in [0.5, 0.6) is 0 Å². The lowest BCUT2D eigenvalue weighted by molar-refractivity contribution is -0.143. The van der Waals surface area contributed by atoms with Crippen LogP contribution in [-0.4, -0.2) is 32.9 Å². The Kier molecular flexibility index (Phi) is 9.26. The topological polar surface area (TPSA) is 38.3 Å². The van der Waals surface area contributed by atoms with E-state index >= 15 is 0 Å². The maximum atomic E-state index is 13.1. The van der Waals surface area contributed by atoms with Crippen molar-refractivity contribution < 1.29 is 9.53 Å². The van der Waals surface area contributed by atoms with Crippen LogP contribution in [0.1, 0.15) is 53.1 Å². The summed E-state index contributed by atoms with van der Waals surface area (Å²) in [6.07, 6.45) is 0. The highest BCUT2D eigenvalue weighted by atomic mass is 32.2. The van der Waals surface area contributed by atoms with Crippen molar-refractivity contribution in [2.24, 2.45) is 0 Å². The number of thioether (sulfide) groups is 2. The summed E-state index contributed by atoms with van der Waals surface area (Å²) in [5.41, 5.74) is 1.13. The van der Waals surface area contributed by atoms with Crippen molar-refractivity contribution in [2.75, 3.05) is 18.1 Å². The van der Waals surface area contributed by atoms with Gasteiger partial charge < -0.3 is 4.74 Å². The van der Waals surface area contributed by atoms with Gasteiger partial charge in [0.2, 0.25) is 0 Å². The fourth-order valence-corrected chi connectivity index (χ4v) is 7.17. The average Bonchev–Trinajstić information content (AvgIpc) is 3.20. The first-order valence-corrected chi connectivity index (χ1v) is 13.0. The lowest BCUT2D eigenvalue weighted by atomic mass is 9.99. The van der Waals surface area contributed by atoms with E-state index in [0.29, 0.717) is 6.61 Å². The first kappa shape index (κ1) is 24.4. The summed E-state index contributed by atoms with van der Waals surface area (Å²) in [6, 6.07) is 14.7. The third-order valence-corrected chi connectivity index (χ3v) is 8.66. The first-order valence-electron chi connectivity index (χ1n) is 10.2. The van der Waals surface area contributed by atoms with Gasteiger partial charge in [0.25, 0.3) is 0 Å². The average molecular weight is 452 g/mol. The minimum Gasteiger partial charge on any atom is -0.464 e. The van der Waals surface area contributed by atoms with Gasteiger partial charge in [-0.05, 0) is 50.1 Å². The molecule has 0 aliphatic carbocycles. The Morgan fingerprint density at radius 2 is 1.76 bits per heavy atom. The Labute approximate surface area is 188 Å². The zero-order valence-electron chi connectivity index (χ0n) is 18.3. The molecule has 3 rings (SSSR count). The van der Waals surface area contributed by atoms with Gasteiger partial charge >= 0.3 is 5.97 Å². The number of carbonyl (C=O) groups is 1. The van der Waals surface area contributed by atoms with Crippen LogP contribution < -0.4 is 4.72 Å². The van der Waals surface area contributed by atoms with Gasteiger partial charge in [0.1, 0.15) is 0 Å². The number of hydrogen-bond acceptors (Lipinski definition) is 6. The molecule has 0 radical (unpaired) electrons. The summed E-state index contributed by atoms with van der Waals surface area (Å²) >= 11 is 5.10. The number of hydrogen-bond donors (Lipinski definition) is 1. The third-order valence-electron chi connectivity index (χ3n) is 4.25. The largest absolute Gasteiger partial charge is 0.464 e. The van der Waals surface area contributed by atoms with Gasteiger partial charge in [-0.3, -0.25) is 4.72 Å². The molecular weight excluding hydrogens is 418 g/mol. The molecule has 1 aliphatic heterocycles. The lowest BCUT2D eigenvalue weighted by Crippen LogP contribution is -2.44. The Morgan fingerprint density at radius 3 is 2.34 bits per heavy atom. The van der Waals surface area contributed by atoms with Gasteiger partial charge in [0.15, 0.2) is 4.08 Å². The van der Waals surface area contributed by atoms with E-state index in [-0.39, 0.29) is 16.8 Å². The summed E-state index contributed by atoms with van der Waals surface area (Å²) in [5, 5.41) is 2.40. The molecule has 29 heavy (non-hydrogen) atoms. The van der Waals surface area contributed by atoms with Gasteiger partial charge in [0, 0.05) is 16.3 Å². The molecule has 3 nitrogen and oxygen atoms in total. The molecule has 1 fully saturated rings. The number of rotatable bonds is 6. The third kappa shape index (κ3) is 6.09. The van der Waals surface area contributed by atoms with Gasteiger partial charge in [-0.1, -0.05) is 62.2 Å². The molecule has 1 atom stereocenters. The summed E-state index contributed by atoms with van der Waals surface area (Å²) in [5.74, 6) is 1.78.